The third-order valence-electron chi connectivity index (χ3n) is 4.87. The monoisotopic (exact) mass is 257 g/mol. The summed E-state index contributed by atoms with van der Waals surface area (Å²) >= 11 is 0. The number of benzene rings is 1. The molecule has 1 aromatic carbocycles. The zero-order valence-electron chi connectivity index (χ0n) is 11.9. The van der Waals surface area contributed by atoms with Crippen molar-refractivity contribution >= 4 is 5.91 Å². The Labute approximate surface area is 115 Å². The van der Waals surface area contributed by atoms with Crippen LogP contribution < -0.4 is 5.32 Å². The second kappa shape index (κ2) is 4.66. The molecule has 1 heterocycles. The summed E-state index contributed by atoms with van der Waals surface area (Å²) in [6, 6.07) is 8.80. The molecule has 1 saturated carbocycles. The smallest absolute Gasteiger partial charge is 0.220 e. The molecule has 2 aliphatic rings. The molecule has 1 unspecified atom stereocenters. The van der Waals surface area contributed by atoms with E-state index in [9.17, 15) is 4.79 Å². The van der Waals surface area contributed by atoms with Crippen LogP contribution >= 0.6 is 0 Å². The lowest BCUT2D eigenvalue weighted by Crippen LogP contribution is -2.48. The van der Waals surface area contributed by atoms with Gasteiger partial charge in [-0.2, -0.15) is 0 Å². The van der Waals surface area contributed by atoms with Crippen molar-refractivity contribution in [2.24, 2.45) is 5.92 Å². The lowest BCUT2D eigenvalue weighted by Gasteiger charge is -2.34. The zero-order valence-corrected chi connectivity index (χ0v) is 11.9. The van der Waals surface area contributed by atoms with Crippen LogP contribution in [-0.2, 0) is 11.2 Å². The van der Waals surface area contributed by atoms with Crippen LogP contribution in [0.4, 0.5) is 0 Å². The molecule has 1 amide bonds. The molecule has 1 aliphatic heterocycles. The highest BCUT2D eigenvalue weighted by Crippen LogP contribution is 2.43. The standard InChI is InChI=1S/C17H23NO/c1-12(2)17(10-9-16(19)18-17)11-14-5-3-4-6-15(14)13-7-8-13/h3-6,12-13H,7-11H2,1-2H3,(H,18,19). The minimum atomic E-state index is -0.0257. The number of hydrogen-bond acceptors (Lipinski definition) is 1. The molecule has 2 nitrogen and oxygen atoms in total. The Morgan fingerprint density at radius 3 is 2.63 bits per heavy atom. The number of carbonyl (C=O) groups excluding carboxylic acids is 1. The molecular formula is C17H23NO. The van der Waals surface area contributed by atoms with E-state index in [4.69, 9.17) is 0 Å². The Bertz CT molecular complexity index is 490. The first-order chi connectivity index (χ1) is 9.11. The van der Waals surface area contributed by atoms with Gasteiger partial charge >= 0.3 is 0 Å². The van der Waals surface area contributed by atoms with Gasteiger partial charge in [-0.1, -0.05) is 38.1 Å². The first-order valence-corrected chi connectivity index (χ1v) is 7.49. The minimum absolute atomic E-state index is 0.0257. The van der Waals surface area contributed by atoms with Gasteiger partial charge in [0.15, 0.2) is 0 Å². The highest BCUT2D eigenvalue weighted by Gasteiger charge is 2.41. The van der Waals surface area contributed by atoms with Crippen LogP contribution in [0.1, 0.15) is 56.6 Å². The Morgan fingerprint density at radius 2 is 2.05 bits per heavy atom. The van der Waals surface area contributed by atoms with Crippen LogP contribution in [0.15, 0.2) is 24.3 Å². The quantitative estimate of drug-likeness (QED) is 0.880. The van der Waals surface area contributed by atoms with Crippen molar-refractivity contribution in [2.75, 3.05) is 0 Å². The van der Waals surface area contributed by atoms with Crippen LogP contribution in [0.25, 0.3) is 0 Å². The maximum absolute atomic E-state index is 11.7. The number of nitrogens with one attached hydrogen (secondary N) is 1. The molecule has 0 bridgehead atoms. The summed E-state index contributed by atoms with van der Waals surface area (Å²) < 4.78 is 0. The number of carbonyl (C=O) groups is 1. The highest BCUT2D eigenvalue weighted by atomic mass is 16.2. The first-order valence-electron chi connectivity index (χ1n) is 7.49. The van der Waals surface area contributed by atoms with Crippen molar-refractivity contribution in [1.29, 1.82) is 0 Å². The highest BCUT2D eigenvalue weighted by molar-refractivity contribution is 5.79. The predicted molar refractivity (Wildman–Crippen MR) is 77.1 cm³/mol. The van der Waals surface area contributed by atoms with Crippen molar-refractivity contribution in [1.82, 2.24) is 5.32 Å². The fourth-order valence-electron chi connectivity index (χ4n) is 3.34. The lowest BCUT2D eigenvalue weighted by molar-refractivity contribution is -0.120. The number of rotatable bonds is 4. The van der Waals surface area contributed by atoms with Gasteiger partial charge < -0.3 is 5.32 Å². The fourth-order valence-corrected chi connectivity index (χ4v) is 3.34. The summed E-state index contributed by atoms with van der Waals surface area (Å²) in [6.45, 7) is 4.46. The predicted octanol–water partition coefficient (Wildman–Crippen LogP) is 3.41. The molecule has 102 valence electrons. The first kappa shape index (κ1) is 12.7. The Kier molecular flexibility index (Phi) is 3.12. The molecule has 0 aromatic heterocycles. The third-order valence-corrected chi connectivity index (χ3v) is 4.87. The van der Waals surface area contributed by atoms with Crippen molar-refractivity contribution in [3.63, 3.8) is 0 Å². The average Bonchev–Trinajstić information content (AvgIpc) is 3.15. The summed E-state index contributed by atoms with van der Waals surface area (Å²) in [6.07, 6.45) is 5.31. The topological polar surface area (TPSA) is 29.1 Å². The van der Waals surface area contributed by atoms with E-state index < -0.39 is 0 Å². The summed E-state index contributed by atoms with van der Waals surface area (Å²) in [4.78, 5) is 11.7. The van der Waals surface area contributed by atoms with Gasteiger partial charge in [-0.05, 0) is 48.6 Å². The van der Waals surface area contributed by atoms with Gasteiger partial charge in [-0.15, -0.1) is 0 Å². The molecule has 0 spiro atoms. The molecule has 1 N–H and O–H groups in total. The molecule has 2 fully saturated rings. The van der Waals surface area contributed by atoms with Gasteiger partial charge in [-0.25, -0.2) is 0 Å². The SMILES string of the molecule is CC(C)C1(Cc2ccccc2C2CC2)CCC(=O)N1. The summed E-state index contributed by atoms with van der Waals surface area (Å²) in [5.41, 5.74) is 2.94. The molecule has 1 saturated heterocycles. The molecule has 0 radical (unpaired) electrons. The number of amides is 1. The Hall–Kier alpha value is -1.31. The second-order valence-electron chi connectivity index (χ2n) is 6.51. The van der Waals surface area contributed by atoms with Gasteiger partial charge in [0.05, 0.1) is 0 Å². The van der Waals surface area contributed by atoms with E-state index in [0.29, 0.717) is 12.3 Å². The molecule has 19 heavy (non-hydrogen) atoms. The summed E-state index contributed by atoms with van der Waals surface area (Å²) in [7, 11) is 0. The molecule has 1 aliphatic carbocycles. The van der Waals surface area contributed by atoms with Crippen LogP contribution in [-0.4, -0.2) is 11.4 Å². The van der Waals surface area contributed by atoms with E-state index >= 15 is 0 Å². The van der Waals surface area contributed by atoms with Crippen LogP contribution in [0, 0.1) is 5.92 Å². The molecule has 2 heteroatoms. The summed E-state index contributed by atoms with van der Waals surface area (Å²) in [5, 5.41) is 3.26. The maximum Gasteiger partial charge on any atom is 0.220 e. The molecule has 3 rings (SSSR count). The second-order valence-corrected chi connectivity index (χ2v) is 6.51. The van der Waals surface area contributed by atoms with Gasteiger partial charge in [0.1, 0.15) is 0 Å². The lowest BCUT2D eigenvalue weighted by atomic mass is 9.78. The molecular weight excluding hydrogens is 234 g/mol. The van der Waals surface area contributed by atoms with Crippen LogP contribution in [0.2, 0.25) is 0 Å². The van der Waals surface area contributed by atoms with Gasteiger partial charge in [0, 0.05) is 12.0 Å². The van der Waals surface area contributed by atoms with Gasteiger partial charge in [0.2, 0.25) is 5.91 Å². The van der Waals surface area contributed by atoms with E-state index in [0.717, 1.165) is 18.8 Å². The number of hydrogen-bond donors (Lipinski definition) is 1. The van der Waals surface area contributed by atoms with Crippen molar-refractivity contribution in [3.05, 3.63) is 35.4 Å². The van der Waals surface area contributed by atoms with E-state index in [1.807, 2.05) is 0 Å². The van der Waals surface area contributed by atoms with Crippen LogP contribution in [0.5, 0.6) is 0 Å². The van der Waals surface area contributed by atoms with E-state index in [2.05, 4.69) is 43.4 Å². The third kappa shape index (κ3) is 2.41. The fraction of sp³-hybridized carbons (Fsp3) is 0.588. The minimum Gasteiger partial charge on any atom is -0.350 e. The van der Waals surface area contributed by atoms with E-state index in [1.54, 1.807) is 0 Å². The molecule has 1 atom stereocenters. The van der Waals surface area contributed by atoms with Crippen molar-refractivity contribution in [3.8, 4) is 0 Å². The zero-order chi connectivity index (χ0) is 13.5. The molecule has 1 aromatic rings. The normalized spacial score (nSPS) is 26.8. The van der Waals surface area contributed by atoms with Gasteiger partial charge in [-0.3, -0.25) is 4.79 Å². The Morgan fingerprint density at radius 1 is 1.32 bits per heavy atom. The summed E-state index contributed by atoms with van der Waals surface area (Å²) in [5.74, 6) is 1.47. The Balaban J connectivity index is 1.88. The van der Waals surface area contributed by atoms with E-state index in [1.165, 1.54) is 24.0 Å². The van der Waals surface area contributed by atoms with Crippen molar-refractivity contribution in [2.45, 2.75) is 57.4 Å². The largest absolute Gasteiger partial charge is 0.350 e. The van der Waals surface area contributed by atoms with Crippen LogP contribution in [0.3, 0.4) is 0 Å². The van der Waals surface area contributed by atoms with Gasteiger partial charge in [0.25, 0.3) is 0 Å². The van der Waals surface area contributed by atoms with E-state index in [-0.39, 0.29) is 11.4 Å². The average molecular weight is 257 g/mol. The van der Waals surface area contributed by atoms with Crippen molar-refractivity contribution < 1.29 is 4.79 Å². The maximum atomic E-state index is 11.7.